The number of hydrogen-bond donors (Lipinski definition) is 0. The van der Waals surface area contributed by atoms with Gasteiger partial charge in [0.15, 0.2) is 17.2 Å². The highest BCUT2D eigenvalue weighted by atomic mass is 19.4. The van der Waals surface area contributed by atoms with Gasteiger partial charge in [-0.05, 0) is 6.92 Å². The summed E-state index contributed by atoms with van der Waals surface area (Å²) in [5.41, 5.74) is -0.910. The van der Waals surface area contributed by atoms with Gasteiger partial charge in [0.05, 0.1) is 7.11 Å². The fraction of sp³-hybridized carbons (Fsp3) is 0.444. The molecule has 0 bridgehead atoms. The molecule has 96 valence electrons. The van der Waals surface area contributed by atoms with Crippen LogP contribution in [0.3, 0.4) is 0 Å². The molecule has 1 aromatic heterocycles. The SMILES string of the molecule is COc1c(OC(F)(F)F)cc(C)nc1C(F)F. The van der Waals surface area contributed by atoms with Crippen LogP contribution in [-0.2, 0) is 0 Å². The van der Waals surface area contributed by atoms with Gasteiger partial charge in [-0.1, -0.05) is 0 Å². The topological polar surface area (TPSA) is 31.4 Å². The number of hydrogen-bond acceptors (Lipinski definition) is 3. The van der Waals surface area contributed by atoms with Crippen LogP contribution in [0.1, 0.15) is 17.8 Å². The van der Waals surface area contributed by atoms with Crippen LogP contribution in [-0.4, -0.2) is 18.5 Å². The monoisotopic (exact) mass is 257 g/mol. The number of aromatic nitrogens is 1. The zero-order chi connectivity index (χ0) is 13.2. The van der Waals surface area contributed by atoms with Crippen molar-refractivity contribution in [3.8, 4) is 11.5 Å². The Morgan fingerprint density at radius 3 is 2.29 bits per heavy atom. The van der Waals surface area contributed by atoms with E-state index >= 15 is 0 Å². The fourth-order valence-corrected chi connectivity index (χ4v) is 1.21. The highest BCUT2D eigenvalue weighted by Crippen LogP contribution is 2.38. The molecule has 0 N–H and O–H groups in total. The summed E-state index contributed by atoms with van der Waals surface area (Å²) in [4.78, 5) is 3.41. The minimum absolute atomic E-state index is 0.0275. The zero-order valence-electron chi connectivity index (χ0n) is 8.81. The maximum atomic E-state index is 12.5. The van der Waals surface area contributed by atoms with Gasteiger partial charge in [0.2, 0.25) is 0 Å². The Morgan fingerprint density at radius 1 is 1.29 bits per heavy atom. The van der Waals surface area contributed by atoms with E-state index in [4.69, 9.17) is 0 Å². The lowest BCUT2D eigenvalue weighted by Gasteiger charge is -2.15. The van der Waals surface area contributed by atoms with Gasteiger partial charge >= 0.3 is 6.36 Å². The first-order valence-corrected chi connectivity index (χ1v) is 4.34. The Labute approximate surface area is 93.2 Å². The molecule has 1 rings (SSSR count). The zero-order valence-corrected chi connectivity index (χ0v) is 8.81. The van der Waals surface area contributed by atoms with Gasteiger partial charge in [0.1, 0.15) is 0 Å². The van der Waals surface area contributed by atoms with E-state index in [9.17, 15) is 22.0 Å². The molecule has 0 saturated heterocycles. The highest BCUT2D eigenvalue weighted by Gasteiger charge is 2.34. The number of methoxy groups -OCH3 is 1. The summed E-state index contributed by atoms with van der Waals surface area (Å²) in [6.45, 7) is 1.27. The molecule has 17 heavy (non-hydrogen) atoms. The summed E-state index contributed by atoms with van der Waals surface area (Å²) in [5.74, 6) is -1.55. The van der Waals surface area contributed by atoms with E-state index in [1.807, 2.05) is 0 Å². The number of nitrogens with zero attached hydrogens (tertiary/aromatic N) is 1. The third kappa shape index (κ3) is 3.43. The molecule has 0 saturated carbocycles. The second kappa shape index (κ2) is 4.72. The normalized spacial score (nSPS) is 11.8. The number of rotatable bonds is 3. The predicted octanol–water partition coefficient (Wildman–Crippen LogP) is 3.23. The first-order valence-electron chi connectivity index (χ1n) is 4.34. The van der Waals surface area contributed by atoms with E-state index in [0.717, 1.165) is 13.2 Å². The second-order valence-corrected chi connectivity index (χ2v) is 3.03. The van der Waals surface area contributed by atoms with Crippen LogP contribution in [0, 0.1) is 6.92 Å². The Morgan fingerprint density at radius 2 is 1.88 bits per heavy atom. The molecule has 0 amide bonds. The molecule has 0 aliphatic heterocycles. The summed E-state index contributed by atoms with van der Waals surface area (Å²) in [6, 6.07) is 0.873. The van der Waals surface area contributed by atoms with Gasteiger partial charge in [-0.15, -0.1) is 13.2 Å². The van der Waals surface area contributed by atoms with Crippen molar-refractivity contribution < 1.29 is 31.4 Å². The summed E-state index contributed by atoms with van der Waals surface area (Å²) in [6.07, 6.45) is -8.04. The number of aryl methyl sites for hydroxylation is 1. The molecule has 3 nitrogen and oxygen atoms in total. The minimum atomic E-state index is -4.99. The van der Waals surface area contributed by atoms with Crippen molar-refractivity contribution >= 4 is 0 Å². The van der Waals surface area contributed by atoms with Crippen LogP contribution < -0.4 is 9.47 Å². The highest BCUT2D eigenvalue weighted by molar-refractivity contribution is 5.45. The van der Waals surface area contributed by atoms with Crippen molar-refractivity contribution in [3.05, 3.63) is 17.5 Å². The quantitative estimate of drug-likeness (QED) is 0.779. The van der Waals surface area contributed by atoms with Crippen molar-refractivity contribution in [2.75, 3.05) is 7.11 Å². The molecule has 0 fully saturated rings. The standard InChI is InChI=1S/C9H8F5NO2/c1-4-3-5(17-9(12,13)14)7(16-2)6(15-4)8(10)11/h3,8H,1-2H3. The largest absolute Gasteiger partial charge is 0.573 e. The Balaban J connectivity index is 3.28. The Bertz CT molecular complexity index is 405. The second-order valence-electron chi connectivity index (χ2n) is 3.03. The van der Waals surface area contributed by atoms with Gasteiger partial charge in [-0.2, -0.15) is 0 Å². The van der Waals surface area contributed by atoms with Gasteiger partial charge < -0.3 is 9.47 Å². The average Bonchev–Trinajstić information content (AvgIpc) is 2.14. The number of alkyl halides is 5. The molecule has 0 aliphatic rings. The van der Waals surface area contributed by atoms with Crippen molar-refractivity contribution in [1.29, 1.82) is 0 Å². The summed E-state index contributed by atoms with van der Waals surface area (Å²) in [5, 5.41) is 0. The molecular formula is C9H8F5NO2. The Hall–Kier alpha value is -1.60. The first-order chi connectivity index (χ1) is 7.74. The summed E-state index contributed by atoms with van der Waals surface area (Å²) in [7, 11) is 0.960. The minimum Gasteiger partial charge on any atom is -0.491 e. The molecule has 0 unspecified atom stereocenters. The Kier molecular flexibility index (Phi) is 3.74. The van der Waals surface area contributed by atoms with E-state index in [1.165, 1.54) is 6.92 Å². The van der Waals surface area contributed by atoms with E-state index in [0.29, 0.717) is 0 Å². The van der Waals surface area contributed by atoms with Crippen LogP contribution in [0.25, 0.3) is 0 Å². The molecule has 0 atom stereocenters. The molecule has 8 heteroatoms. The maximum absolute atomic E-state index is 12.5. The summed E-state index contributed by atoms with van der Waals surface area (Å²) < 4.78 is 69.2. The van der Waals surface area contributed by atoms with Crippen molar-refractivity contribution in [2.45, 2.75) is 19.7 Å². The van der Waals surface area contributed by atoms with E-state index in [2.05, 4.69) is 14.5 Å². The number of ether oxygens (including phenoxy) is 2. The van der Waals surface area contributed by atoms with E-state index in [1.54, 1.807) is 0 Å². The van der Waals surface area contributed by atoms with Gasteiger partial charge in [-0.25, -0.2) is 13.8 Å². The van der Waals surface area contributed by atoms with Gasteiger partial charge in [0, 0.05) is 11.8 Å². The molecule has 0 radical (unpaired) electrons. The molecule has 0 spiro atoms. The lowest BCUT2D eigenvalue weighted by molar-refractivity contribution is -0.275. The average molecular weight is 257 g/mol. The van der Waals surface area contributed by atoms with E-state index < -0.39 is 30.0 Å². The predicted molar refractivity (Wildman–Crippen MR) is 47.2 cm³/mol. The smallest absolute Gasteiger partial charge is 0.491 e. The van der Waals surface area contributed by atoms with Crippen molar-refractivity contribution in [3.63, 3.8) is 0 Å². The lowest BCUT2D eigenvalue weighted by atomic mass is 10.2. The van der Waals surface area contributed by atoms with Crippen LogP contribution >= 0.6 is 0 Å². The van der Waals surface area contributed by atoms with Crippen LogP contribution in [0.2, 0.25) is 0 Å². The maximum Gasteiger partial charge on any atom is 0.573 e. The fourth-order valence-electron chi connectivity index (χ4n) is 1.21. The van der Waals surface area contributed by atoms with Crippen LogP contribution in [0.5, 0.6) is 11.5 Å². The third-order valence-electron chi connectivity index (χ3n) is 1.73. The lowest BCUT2D eigenvalue weighted by Crippen LogP contribution is -2.18. The van der Waals surface area contributed by atoms with Gasteiger partial charge in [0.25, 0.3) is 6.43 Å². The first kappa shape index (κ1) is 13.5. The number of pyridine rings is 1. The molecule has 0 aromatic carbocycles. The number of halogens is 5. The van der Waals surface area contributed by atoms with Crippen LogP contribution in [0.4, 0.5) is 22.0 Å². The summed E-state index contributed by atoms with van der Waals surface area (Å²) >= 11 is 0. The van der Waals surface area contributed by atoms with Crippen molar-refractivity contribution in [2.24, 2.45) is 0 Å². The molecule has 0 aliphatic carbocycles. The van der Waals surface area contributed by atoms with Crippen LogP contribution in [0.15, 0.2) is 6.07 Å². The van der Waals surface area contributed by atoms with E-state index in [-0.39, 0.29) is 5.69 Å². The molecular weight excluding hydrogens is 249 g/mol. The molecule has 1 heterocycles. The van der Waals surface area contributed by atoms with Crippen molar-refractivity contribution in [1.82, 2.24) is 4.98 Å². The third-order valence-corrected chi connectivity index (χ3v) is 1.73. The van der Waals surface area contributed by atoms with Gasteiger partial charge in [-0.3, -0.25) is 0 Å². The molecule has 1 aromatic rings.